The number of hydrogen-bond donors (Lipinski definition) is 0. The number of amides is 1. The lowest BCUT2D eigenvalue weighted by Crippen LogP contribution is -2.41. The van der Waals surface area contributed by atoms with Crippen molar-refractivity contribution in [3.63, 3.8) is 0 Å². The van der Waals surface area contributed by atoms with E-state index < -0.39 is 16.0 Å². The zero-order chi connectivity index (χ0) is 21.6. The van der Waals surface area contributed by atoms with Gasteiger partial charge in [0.2, 0.25) is 10.0 Å². The lowest BCUT2D eigenvalue weighted by Gasteiger charge is -2.33. The van der Waals surface area contributed by atoms with E-state index in [2.05, 4.69) is 6.92 Å². The first-order valence-electron chi connectivity index (χ1n) is 10.2. The van der Waals surface area contributed by atoms with Crippen LogP contribution in [0.5, 0.6) is 0 Å². The first kappa shape index (κ1) is 23.3. The first-order chi connectivity index (χ1) is 13.7. The topological polar surface area (TPSA) is 84.0 Å². The number of rotatable bonds is 8. The monoisotopic (exact) mass is 424 g/mol. The molecule has 0 bridgehead atoms. The second kappa shape index (κ2) is 10.2. The quantitative estimate of drug-likeness (QED) is 0.599. The van der Waals surface area contributed by atoms with E-state index in [1.807, 2.05) is 0 Å². The normalized spacial score (nSPS) is 19.8. The Morgan fingerprint density at radius 3 is 2.31 bits per heavy atom. The molecule has 0 spiro atoms. The van der Waals surface area contributed by atoms with Crippen molar-refractivity contribution >= 4 is 21.9 Å². The molecule has 8 heteroatoms. The SMILES string of the molecule is CCN(CC)S(=O)(=O)c1cccc(C(=O)OCC(=O)N(C)C2CCC(C)CC2)c1. The summed E-state index contributed by atoms with van der Waals surface area (Å²) in [5.74, 6) is -0.266. The molecule has 0 unspecified atom stereocenters. The van der Waals surface area contributed by atoms with Crippen molar-refractivity contribution in [3.05, 3.63) is 29.8 Å². The minimum atomic E-state index is -3.67. The zero-order valence-electron chi connectivity index (χ0n) is 17.8. The van der Waals surface area contributed by atoms with Gasteiger partial charge in [-0.25, -0.2) is 13.2 Å². The van der Waals surface area contributed by atoms with E-state index in [-0.39, 0.29) is 29.0 Å². The van der Waals surface area contributed by atoms with E-state index in [4.69, 9.17) is 4.74 Å². The Labute approximate surface area is 174 Å². The summed E-state index contributed by atoms with van der Waals surface area (Å²) in [7, 11) is -1.93. The summed E-state index contributed by atoms with van der Waals surface area (Å²) < 4.78 is 31.8. The molecule has 2 rings (SSSR count). The molecular formula is C21H32N2O5S. The van der Waals surface area contributed by atoms with Gasteiger partial charge in [0.1, 0.15) is 0 Å². The number of carbonyl (C=O) groups is 2. The highest BCUT2D eigenvalue weighted by molar-refractivity contribution is 7.89. The summed E-state index contributed by atoms with van der Waals surface area (Å²) >= 11 is 0. The number of esters is 1. The molecule has 0 aromatic heterocycles. The van der Waals surface area contributed by atoms with Gasteiger partial charge in [0, 0.05) is 26.2 Å². The van der Waals surface area contributed by atoms with E-state index in [1.165, 1.54) is 28.6 Å². The molecular weight excluding hydrogens is 392 g/mol. The van der Waals surface area contributed by atoms with Gasteiger partial charge < -0.3 is 9.64 Å². The summed E-state index contributed by atoms with van der Waals surface area (Å²) in [6, 6.07) is 5.92. The van der Waals surface area contributed by atoms with Gasteiger partial charge >= 0.3 is 5.97 Å². The molecule has 0 atom stereocenters. The summed E-state index contributed by atoms with van der Waals surface area (Å²) in [4.78, 5) is 26.5. The number of carbonyl (C=O) groups excluding carboxylic acids is 2. The predicted molar refractivity (Wildman–Crippen MR) is 111 cm³/mol. The third-order valence-electron chi connectivity index (χ3n) is 5.67. The van der Waals surface area contributed by atoms with E-state index in [9.17, 15) is 18.0 Å². The van der Waals surface area contributed by atoms with Crippen LogP contribution in [0.1, 0.15) is 56.8 Å². The molecule has 1 aromatic rings. The molecule has 1 amide bonds. The molecule has 0 N–H and O–H groups in total. The van der Waals surface area contributed by atoms with E-state index in [1.54, 1.807) is 25.8 Å². The third-order valence-corrected chi connectivity index (χ3v) is 7.71. The Morgan fingerprint density at radius 2 is 1.72 bits per heavy atom. The van der Waals surface area contributed by atoms with Crippen molar-refractivity contribution in [2.45, 2.75) is 57.4 Å². The van der Waals surface area contributed by atoms with E-state index in [0.29, 0.717) is 19.0 Å². The molecule has 1 saturated carbocycles. The summed E-state index contributed by atoms with van der Waals surface area (Å²) in [5, 5.41) is 0. The molecule has 1 aromatic carbocycles. The standard InChI is InChI=1S/C21H32N2O5S/c1-5-23(6-2)29(26,27)19-9-7-8-17(14-19)21(25)28-15-20(24)22(4)18-12-10-16(3)11-13-18/h7-9,14,16,18H,5-6,10-13,15H2,1-4H3. The van der Waals surface area contributed by atoms with Crippen LogP contribution in [0.3, 0.4) is 0 Å². The fraction of sp³-hybridized carbons (Fsp3) is 0.619. The lowest BCUT2D eigenvalue weighted by atomic mass is 9.87. The highest BCUT2D eigenvalue weighted by Crippen LogP contribution is 2.26. The van der Waals surface area contributed by atoms with Crippen LogP contribution in [0, 0.1) is 5.92 Å². The van der Waals surface area contributed by atoms with Gasteiger partial charge in [-0.1, -0.05) is 26.8 Å². The molecule has 0 heterocycles. The highest BCUT2D eigenvalue weighted by atomic mass is 32.2. The average Bonchev–Trinajstić information content (AvgIpc) is 2.72. The van der Waals surface area contributed by atoms with E-state index >= 15 is 0 Å². The summed E-state index contributed by atoms with van der Waals surface area (Å²) in [6.07, 6.45) is 4.11. The minimum Gasteiger partial charge on any atom is -0.452 e. The summed E-state index contributed by atoms with van der Waals surface area (Å²) in [5.41, 5.74) is 0.111. The lowest BCUT2D eigenvalue weighted by molar-refractivity contribution is -0.136. The summed E-state index contributed by atoms with van der Waals surface area (Å²) in [6.45, 7) is 6.06. The largest absolute Gasteiger partial charge is 0.452 e. The molecule has 0 saturated heterocycles. The van der Waals surface area contributed by atoms with Crippen LogP contribution in [0.15, 0.2) is 29.2 Å². The number of likely N-dealkylation sites (N-methyl/N-ethyl adjacent to an activating group) is 1. The molecule has 0 radical (unpaired) electrons. The third kappa shape index (κ3) is 5.79. The fourth-order valence-corrected chi connectivity index (χ4v) is 5.15. The Balaban J connectivity index is 2.00. The fourth-order valence-electron chi connectivity index (χ4n) is 3.64. The van der Waals surface area contributed by atoms with Gasteiger partial charge in [-0.2, -0.15) is 4.31 Å². The van der Waals surface area contributed by atoms with Crippen molar-refractivity contribution in [1.82, 2.24) is 9.21 Å². The highest BCUT2D eigenvalue weighted by Gasteiger charge is 2.26. The zero-order valence-corrected chi connectivity index (χ0v) is 18.6. The van der Waals surface area contributed by atoms with Crippen molar-refractivity contribution in [2.75, 3.05) is 26.7 Å². The molecule has 29 heavy (non-hydrogen) atoms. The van der Waals surface area contributed by atoms with Crippen LogP contribution in [-0.2, 0) is 19.6 Å². The maximum Gasteiger partial charge on any atom is 0.338 e. The Bertz CT molecular complexity index is 812. The van der Waals surface area contributed by atoms with Crippen LogP contribution in [0.2, 0.25) is 0 Å². The number of sulfonamides is 1. The Kier molecular flexibility index (Phi) is 8.22. The first-order valence-corrected chi connectivity index (χ1v) is 11.7. The van der Waals surface area contributed by atoms with Crippen molar-refractivity contribution in [3.8, 4) is 0 Å². The predicted octanol–water partition coefficient (Wildman–Crippen LogP) is 2.91. The van der Waals surface area contributed by atoms with Gasteiger partial charge in [-0.05, 0) is 49.8 Å². The van der Waals surface area contributed by atoms with Crippen molar-refractivity contribution < 1.29 is 22.7 Å². The van der Waals surface area contributed by atoms with Crippen LogP contribution in [0.25, 0.3) is 0 Å². The number of nitrogens with zero attached hydrogens (tertiary/aromatic N) is 2. The minimum absolute atomic E-state index is 0.0374. The number of hydrogen-bond acceptors (Lipinski definition) is 5. The second-order valence-corrected chi connectivity index (χ2v) is 9.55. The number of benzene rings is 1. The average molecular weight is 425 g/mol. The van der Waals surface area contributed by atoms with Gasteiger partial charge in [0.15, 0.2) is 6.61 Å². The van der Waals surface area contributed by atoms with Crippen LogP contribution in [0.4, 0.5) is 0 Å². The maximum atomic E-state index is 12.6. The van der Waals surface area contributed by atoms with Gasteiger partial charge in [-0.15, -0.1) is 0 Å². The molecule has 0 aliphatic heterocycles. The molecule has 1 aliphatic carbocycles. The van der Waals surface area contributed by atoms with E-state index in [0.717, 1.165) is 25.7 Å². The van der Waals surface area contributed by atoms with Crippen LogP contribution >= 0.6 is 0 Å². The molecule has 1 aliphatic rings. The van der Waals surface area contributed by atoms with Crippen molar-refractivity contribution in [2.24, 2.45) is 5.92 Å². The van der Waals surface area contributed by atoms with Gasteiger partial charge in [0.05, 0.1) is 10.5 Å². The molecule has 7 nitrogen and oxygen atoms in total. The van der Waals surface area contributed by atoms with Crippen molar-refractivity contribution in [1.29, 1.82) is 0 Å². The number of ether oxygens (including phenoxy) is 1. The smallest absolute Gasteiger partial charge is 0.338 e. The van der Waals surface area contributed by atoms with Crippen LogP contribution < -0.4 is 0 Å². The second-order valence-electron chi connectivity index (χ2n) is 7.61. The Hall–Kier alpha value is -1.93. The van der Waals surface area contributed by atoms with Gasteiger partial charge in [-0.3, -0.25) is 4.79 Å². The molecule has 1 fully saturated rings. The molecule has 162 valence electrons. The Morgan fingerprint density at radius 1 is 1.10 bits per heavy atom. The van der Waals surface area contributed by atoms with Gasteiger partial charge in [0.25, 0.3) is 5.91 Å². The van der Waals surface area contributed by atoms with Crippen LogP contribution in [-0.4, -0.2) is 62.3 Å². The maximum absolute atomic E-state index is 12.6.